The van der Waals surface area contributed by atoms with Crippen LogP contribution in [0, 0.1) is 0 Å². The average molecular weight is 370 g/mol. The number of rotatable bonds is 9. The largest absolute Gasteiger partial charge is 0.497 e. The summed E-state index contributed by atoms with van der Waals surface area (Å²) >= 11 is 0. The third-order valence-corrected chi connectivity index (χ3v) is 4.22. The molecule has 0 aromatic heterocycles. The number of methoxy groups -OCH3 is 2. The van der Waals surface area contributed by atoms with Crippen molar-refractivity contribution in [3.8, 4) is 5.75 Å². The molecule has 27 heavy (non-hydrogen) atoms. The summed E-state index contributed by atoms with van der Waals surface area (Å²) in [6.07, 6.45) is 0.511. The molecule has 2 atom stereocenters. The quantitative estimate of drug-likeness (QED) is 0.661. The van der Waals surface area contributed by atoms with Crippen molar-refractivity contribution >= 4 is 11.9 Å². The van der Waals surface area contributed by atoms with Crippen molar-refractivity contribution in [3.63, 3.8) is 0 Å². The molecule has 0 heterocycles. The van der Waals surface area contributed by atoms with Gasteiger partial charge >= 0.3 is 5.97 Å². The topological polar surface area (TPSA) is 76.7 Å². The van der Waals surface area contributed by atoms with E-state index in [9.17, 15) is 9.59 Å². The molecule has 0 spiro atoms. The van der Waals surface area contributed by atoms with E-state index in [0.29, 0.717) is 13.0 Å². The number of carbonyl (C=O) groups excluding carboxylic acids is 2. The lowest BCUT2D eigenvalue weighted by Crippen LogP contribution is -2.50. The zero-order chi connectivity index (χ0) is 19.6. The van der Waals surface area contributed by atoms with E-state index in [-0.39, 0.29) is 5.91 Å². The van der Waals surface area contributed by atoms with Gasteiger partial charge in [0, 0.05) is 6.54 Å². The van der Waals surface area contributed by atoms with Crippen LogP contribution < -0.4 is 15.4 Å². The molecule has 6 nitrogen and oxygen atoms in total. The van der Waals surface area contributed by atoms with Gasteiger partial charge in [0.05, 0.1) is 20.3 Å². The summed E-state index contributed by atoms with van der Waals surface area (Å²) in [4.78, 5) is 24.3. The van der Waals surface area contributed by atoms with Gasteiger partial charge in [0.1, 0.15) is 11.8 Å². The van der Waals surface area contributed by atoms with Gasteiger partial charge in [-0.25, -0.2) is 4.79 Å². The van der Waals surface area contributed by atoms with E-state index >= 15 is 0 Å². The molecule has 0 aliphatic heterocycles. The van der Waals surface area contributed by atoms with Gasteiger partial charge in [0.25, 0.3) is 0 Å². The predicted molar refractivity (Wildman–Crippen MR) is 103 cm³/mol. The highest BCUT2D eigenvalue weighted by Gasteiger charge is 2.23. The Hall–Kier alpha value is -2.86. The first-order valence-corrected chi connectivity index (χ1v) is 8.82. The molecule has 2 aromatic rings. The van der Waals surface area contributed by atoms with E-state index in [1.807, 2.05) is 54.6 Å². The molecule has 6 heteroatoms. The maximum atomic E-state index is 12.7. The van der Waals surface area contributed by atoms with Crippen LogP contribution in [0.3, 0.4) is 0 Å². The Morgan fingerprint density at radius 2 is 1.63 bits per heavy atom. The first-order valence-electron chi connectivity index (χ1n) is 8.82. The number of ether oxygens (including phenoxy) is 2. The summed E-state index contributed by atoms with van der Waals surface area (Å²) in [6, 6.07) is 16.2. The van der Waals surface area contributed by atoms with Gasteiger partial charge in [-0.2, -0.15) is 0 Å². The van der Waals surface area contributed by atoms with E-state index in [4.69, 9.17) is 4.74 Å². The fraction of sp³-hybridized carbons (Fsp3) is 0.333. The van der Waals surface area contributed by atoms with Crippen LogP contribution in [0.5, 0.6) is 5.75 Å². The third kappa shape index (κ3) is 6.42. The number of esters is 1. The van der Waals surface area contributed by atoms with Crippen molar-refractivity contribution in [1.29, 1.82) is 0 Å². The summed E-state index contributed by atoms with van der Waals surface area (Å²) in [7, 11) is 2.92. The van der Waals surface area contributed by atoms with Crippen LogP contribution in [0.1, 0.15) is 18.1 Å². The summed E-state index contributed by atoms with van der Waals surface area (Å²) in [5, 5.41) is 5.99. The lowest BCUT2D eigenvalue weighted by molar-refractivity contribution is -0.144. The molecule has 0 radical (unpaired) electrons. The molecule has 0 unspecified atom stereocenters. The third-order valence-electron chi connectivity index (χ3n) is 4.22. The Morgan fingerprint density at radius 1 is 0.963 bits per heavy atom. The highest BCUT2D eigenvalue weighted by Crippen LogP contribution is 2.12. The minimum absolute atomic E-state index is 0.245. The minimum Gasteiger partial charge on any atom is -0.497 e. The van der Waals surface area contributed by atoms with Crippen molar-refractivity contribution in [2.75, 3.05) is 14.2 Å². The van der Waals surface area contributed by atoms with Crippen molar-refractivity contribution < 1.29 is 19.1 Å². The first-order chi connectivity index (χ1) is 13.0. The average Bonchev–Trinajstić information content (AvgIpc) is 2.71. The van der Waals surface area contributed by atoms with Crippen LogP contribution >= 0.6 is 0 Å². The molecule has 144 valence electrons. The van der Waals surface area contributed by atoms with Gasteiger partial charge in [-0.1, -0.05) is 42.5 Å². The molecule has 2 rings (SSSR count). The zero-order valence-corrected chi connectivity index (χ0v) is 15.9. The highest BCUT2D eigenvalue weighted by atomic mass is 16.5. The van der Waals surface area contributed by atoms with Crippen LogP contribution in [-0.4, -0.2) is 38.2 Å². The number of hydrogen-bond donors (Lipinski definition) is 2. The molecule has 0 bridgehead atoms. The first kappa shape index (κ1) is 20.5. The molecule has 1 amide bonds. The van der Waals surface area contributed by atoms with Gasteiger partial charge in [-0.05, 0) is 36.6 Å². The summed E-state index contributed by atoms with van der Waals surface area (Å²) in [5.41, 5.74) is 2.06. The van der Waals surface area contributed by atoms with Crippen LogP contribution in [-0.2, 0) is 27.3 Å². The maximum Gasteiger partial charge on any atom is 0.328 e. The lowest BCUT2D eigenvalue weighted by atomic mass is 10.0. The van der Waals surface area contributed by atoms with Crippen LogP contribution in [0.25, 0.3) is 0 Å². The van der Waals surface area contributed by atoms with Crippen LogP contribution in [0.2, 0.25) is 0 Å². The molecule has 0 fully saturated rings. The van der Waals surface area contributed by atoms with E-state index in [1.165, 1.54) is 7.11 Å². The number of hydrogen-bond acceptors (Lipinski definition) is 5. The Morgan fingerprint density at radius 3 is 2.22 bits per heavy atom. The molecule has 2 N–H and O–H groups in total. The molecule has 0 saturated carbocycles. The maximum absolute atomic E-state index is 12.7. The fourth-order valence-corrected chi connectivity index (χ4v) is 2.64. The van der Waals surface area contributed by atoms with Crippen molar-refractivity contribution in [3.05, 3.63) is 65.7 Å². The summed E-state index contributed by atoms with van der Waals surface area (Å²) < 4.78 is 9.84. The number of benzene rings is 2. The SMILES string of the molecule is COC(=O)[C@H](C)NC(=O)[C@H](Cc1ccccc1)NCc1ccc(OC)cc1. The molecule has 0 aliphatic rings. The molecule has 0 aliphatic carbocycles. The highest BCUT2D eigenvalue weighted by molar-refractivity contribution is 5.87. The normalized spacial score (nSPS) is 12.7. The molecular weight excluding hydrogens is 344 g/mol. The van der Waals surface area contributed by atoms with Crippen molar-refractivity contribution in [1.82, 2.24) is 10.6 Å². The van der Waals surface area contributed by atoms with Crippen molar-refractivity contribution in [2.45, 2.75) is 32.0 Å². The Kier molecular flexibility index (Phi) is 7.82. The number of nitrogens with one attached hydrogen (secondary N) is 2. The van der Waals surface area contributed by atoms with Gasteiger partial charge < -0.3 is 20.1 Å². The minimum atomic E-state index is -0.705. The van der Waals surface area contributed by atoms with Crippen LogP contribution in [0.4, 0.5) is 0 Å². The van der Waals surface area contributed by atoms with Gasteiger partial charge in [0.2, 0.25) is 5.91 Å². The Balaban J connectivity index is 2.05. The van der Waals surface area contributed by atoms with E-state index in [0.717, 1.165) is 16.9 Å². The van der Waals surface area contributed by atoms with Crippen molar-refractivity contribution in [2.24, 2.45) is 0 Å². The smallest absolute Gasteiger partial charge is 0.328 e. The molecular formula is C21H26N2O4. The number of amides is 1. The molecule has 2 aromatic carbocycles. The lowest BCUT2D eigenvalue weighted by Gasteiger charge is -2.21. The second-order valence-corrected chi connectivity index (χ2v) is 6.22. The number of carbonyl (C=O) groups is 2. The summed E-state index contributed by atoms with van der Waals surface area (Å²) in [6.45, 7) is 2.12. The summed E-state index contributed by atoms with van der Waals surface area (Å²) in [5.74, 6) is 0.0615. The Bertz CT molecular complexity index is 732. The van der Waals surface area contributed by atoms with E-state index in [1.54, 1.807) is 14.0 Å². The zero-order valence-electron chi connectivity index (χ0n) is 15.9. The van der Waals surface area contributed by atoms with Gasteiger partial charge in [0.15, 0.2) is 0 Å². The van der Waals surface area contributed by atoms with Gasteiger partial charge in [-0.15, -0.1) is 0 Å². The van der Waals surface area contributed by atoms with Gasteiger partial charge in [-0.3, -0.25) is 4.79 Å². The van der Waals surface area contributed by atoms with E-state index < -0.39 is 18.1 Å². The fourth-order valence-electron chi connectivity index (χ4n) is 2.64. The monoisotopic (exact) mass is 370 g/mol. The standard InChI is InChI=1S/C21H26N2O4/c1-15(21(25)27-3)23-20(24)19(13-16-7-5-4-6-8-16)22-14-17-9-11-18(26-2)12-10-17/h4-12,15,19,22H,13-14H2,1-3H3,(H,23,24)/t15-,19-/m0/s1. The Labute approximate surface area is 159 Å². The van der Waals surface area contributed by atoms with Crippen LogP contribution in [0.15, 0.2) is 54.6 Å². The second kappa shape index (κ2) is 10.3. The second-order valence-electron chi connectivity index (χ2n) is 6.22. The predicted octanol–water partition coefficient (Wildman–Crippen LogP) is 2.07. The molecule has 0 saturated heterocycles. The van der Waals surface area contributed by atoms with E-state index in [2.05, 4.69) is 15.4 Å².